The molecule has 2 rings (SSSR count). The summed E-state index contributed by atoms with van der Waals surface area (Å²) in [6, 6.07) is 0. The molecular weight excluding hydrogens is 256 g/mol. The summed E-state index contributed by atoms with van der Waals surface area (Å²) in [4.78, 5) is 0. The van der Waals surface area contributed by atoms with Crippen molar-refractivity contribution in [3.63, 3.8) is 0 Å². The molecule has 1 fully saturated rings. The molecule has 0 bridgehead atoms. The highest BCUT2D eigenvalue weighted by Crippen LogP contribution is 2.31. The Kier molecular flexibility index (Phi) is 6.28. The van der Waals surface area contributed by atoms with Gasteiger partial charge in [0.1, 0.15) is 0 Å². The molecule has 0 spiro atoms. The van der Waals surface area contributed by atoms with Crippen LogP contribution < -0.4 is 0 Å². The van der Waals surface area contributed by atoms with Crippen molar-refractivity contribution < 1.29 is 0 Å². The Balaban J connectivity index is 2.26. The second-order valence-corrected chi connectivity index (χ2v) is 6.50. The summed E-state index contributed by atoms with van der Waals surface area (Å²) >= 11 is 0. The zero-order chi connectivity index (χ0) is 15.1. The lowest BCUT2D eigenvalue weighted by molar-refractivity contribution is 0.426. The van der Waals surface area contributed by atoms with Gasteiger partial charge in [0.05, 0.1) is 11.9 Å². The average Bonchev–Trinajstić information content (AvgIpc) is 2.83. The molecule has 21 heavy (non-hydrogen) atoms. The van der Waals surface area contributed by atoms with E-state index in [2.05, 4.69) is 43.1 Å². The first-order valence-corrected chi connectivity index (χ1v) is 8.59. The molecule has 1 heterocycles. The number of hydrogen-bond donors (Lipinski definition) is 1. The molecule has 1 saturated carbocycles. The van der Waals surface area contributed by atoms with Crippen LogP contribution in [0.2, 0.25) is 0 Å². The van der Waals surface area contributed by atoms with Crippen molar-refractivity contribution in [1.29, 1.82) is 0 Å². The molecule has 0 aromatic carbocycles. The van der Waals surface area contributed by atoms with Crippen molar-refractivity contribution >= 4 is 6.08 Å². The summed E-state index contributed by atoms with van der Waals surface area (Å²) in [6.07, 6.45) is 17.5. The maximum absolute atomic E-state index is 4.16. The van der Waals surface area contributed by atoms with Crippen LogP contribution in [-0.2, 0) is 0 Å². The zero-order valence-electron chi connectivity index (χ0n) is 13.9. The van der Waals surface area contributed by atoms with Crippen LogP contribution in [0.15, 0.2) is 23.4 Å². The van der Waals surface area contributed by atoms with Gasteiger partial charge in [-0.3, -0.25) is 5.10 Å². The van der Waals surface area contributed by atoms with Gasteiger partial charge in [0.25, 0.3) is 0 Å². The van der Waals surface area contributed by atoms with E-state index in [1.54, 1.807) is 0 Å². The molecular formula is C19H30N2. The van der Waals surface area contributed by atoms with Crippen molar-refractivity contribution in [2.75, 3.05) is 0 Å². The molecule has 2 heteroatoms. The van der Waals surface area contributed by atoms with E-state index in [9.17, 15) is 0 Å². The summed E-state index contributed by atoms with van der Waals surface area (Å²) in [5.41, 5.74) is 5.39. The first-order chi connectivity index (χ1) is 10.2. The fourth-order valence-electron chi connectivity index (χ4n) is 3.12. The van der Waals surface area contributed by atoms with Crippen molar-refractivity contribution in [2.24, 2.45) is 5.92 Å². The molecule has 1 aliphatic rings. The van der Waals surface area contributed by atoms with Crippen LogP contribution in [0, 0.1) is 12.8 Å². The lowest BCUT2D eigenvalue weighted by atomic mass is 9.84. The van der Waals surface area contributed by atoms with E-state index < -0.39 is 0 Å². The van der Waals surface area contributed by atoms with Crippen molar-refractivity contribution in [3.05, 3.63) is 34.7 Å². The molecule has 2 nitrogen and oxygen atoms in total. The summed E-state index contributed by atoms with van der Waals surface area (Å²) < 4.78 is 0. The predicted molar refractivity (Wildman–Crippen MR) is 91.2 cm³/mol. The number of nitrogens with one attached hydrogen (secondary N) is 1. The highest BCUT2D eigenvalue weighted by atomic mass is 15.1. The lowest BCUT2D eigenvalue weighted by Crippen LogP contribution is -2.06. The monoisotopic (exact) mass is 286 g/mol. The van der Waals surface area contributed by atoms with Crippen molar-refractivity contribution in [2.45, 2.75) is 72.1 Å². The standard InChI is InChI=1S/C19H30N2/c1-4-15(2)12-18(13-19-16(3)14-20-21-19)17-10-8-6-5-7-9-11-17/h12-14,17H,4-11H2,1-3H3,(H,20,21). The average molecular weight is 286 g/mol. The highest BCUT2D eigenvalue weighted by molar-refractivity contribution is 5.56. The van der Waals surface area contributed by atoms with Crippen LogP contribution in [0.25, 0.3) is 6.08 Å². The van der Waals surface area contributed by atoms with Crippen LogP contribution >= 0.6 is 0 Å². The number of hydrogen-bond acceptors (Lipinski definition) is 1. The Morgan fingerprint density at radius 2 is 1.90 bits per heavy atom. The Labute approximate surface area is 129 Å². The Hall–Kier alpha value is -1.31. The van der Waals surface area contributed by atoms with E-state index in [0.29, 0.717) is 0 Å². The van der Waals surface area contributed by atoms with E-state index in [4.69, 9.17) is 0 Å². The van der Waals surface area contributed by atoms with Crippen LogP contribution in [0.1, 0.15) is 76.5 Å². The van der Waals surface area contributed by atoms with Gasteiger partial charge >= 0.3 is 0 Å². The van der Waals surface area contributed by atoms with E-state index in [1.165, 1.54) is 67.3 Å². The van der Waals surface area contributed by atoms with Gasteiger partial charge in [-0.1, -0.05) is 50.7 Å². The Morgan fingerprint density at radius 3 is 2.48 bits per heavy atom. The summed E-state index contributed by atoms with van der Waals surface area (Å²) in [6.45, 7) is 6.61. The minimum absolute atomic E-state index is 0.717. The second-order valence-electron chi connectivity index (χ2n) is 6.50. The summed E-state index contributed by atoms with van der Waals surface area (Å²) in [5.74, 6) is 0.717. The molecule has 1 aromatic rings. The molecule has 1 aliphatic carbocycles. The smallest absolute Gasteiger partial charge is 0.0609 e. The van der Waals surface area contributed by atoms with E-state index in [-0.39, 0.29) is 0 Å². The summed E-state index contributed by atoms with van der Waals surface area (Å²) in [7, 11) is 0. The van der Waals surface area contributed by atoms with E-state index in [1.807, 2.05) is 6.20 Å². The molecule has 0 radical (unpaired) electrons. The van der Waals surface area contributed by atoms with Gasteiger partial charge in [0.15, 0.2) is 0 Å². The van der Waals surface area contributed by atoms with Gasteiger partial charge < -0.3 is 0 Å². The van der Waals surface area contributed by atoms with Crippen LogP contribution in [-0.4, -0.2) is 10.2 Å². The first kappa shape index (κ1) is 16.1. The third kappa shape index (κ3) is 4.87. The number of H-pyrrole nitrogens is 1. The first-order valence-electron chi connectivity index (χ1n) is 8.59. The highest BCUT2D eigenvalue weighted by Gasteiger charge is 2.15. The quantitative estimate of drug-likeness (QED) is 0.694. The van der Waals surface area contributed by atoms with Gasteiger partial charge in [0, 0.05) is 0 Å². The minimum Gasteiger partial charge on any atom is -0.278 e. The Bertz CT molecular complexity index is 485. The van der Waals surface area contributed by atoms with Gasteiger partial charge in [-0.05, 0) is 56.2 Å². The summed E-state index contributed by atoms with van der Waals surface area (Å²) in [5, 5.41) is 7.30. The molecule has 116 valence electrons. The topological polar surface area (TPSA) is 28.7 Å². The predicted octanol–water partition coefficient (Wildman–Crippen LogP) is 5.82. The number of aryl methyl sites for hydroxylation is 1. The molecule has 1 aromatic heterocycles. The molecule has 0 amide bonds. The molecule has 0 saturated heterocycles. The number of allylic oxidation sites excluding steroid dienone is 3. The van der Waals surface area contributed by atoms with E-state index >= 15 is 0 Å². The number of aromatic nitrogens is 2. The van der Waals surface area contributed by atoms with E-state index in [0.717, 1.165) is 12.3 Å². The van der Waals surface area contributed by atoms with Gasteiger partial charge in [-0.25, -0.2) is 0 Å². The third-order valence-corrected chi connectivity index (χ3v) is 4.73. The normalized spacial score (nSPS) is 19.4. The van der Waals surface area contributed by atoms with Gasteiger partial charge in [-0.15, -0.1) is 0 Å². The zero-order valence-corrected chi connectivity index (χ0v) is 13.9. The largest absolute Gasteiger partial charge is 0.278 e. The SMILES string of the molecule is CCC(C)=CC(=Cc1[nH]ncc1C)C1CCCCCCC1. The number of nitrogens with zero attached hydrogens (tertiary/aromatic N) is 1. The van der Waals surface area contributed by atoms with Gasteiger partial charge in [0.2, 0.25) is 0 Å². The number of rotatable bonds is 4. The van der Waals surface area contributed by atoms with Gasteiger partial charge in [-0.2, -0.15) is 5.10 Å². The Morgan fingerprint density at radius 1 is 1.24 bits per heavy atom. The molecule has 0 aliphatic heterocycles. The third-order valence-electron chi connectivity index (χ3n) is 4.73. The van der Waals surface area contributed by atoms with Crippen LogP contribution in [0.3, 0.4) is 0 Å². The van der Waals surface area contributed by atoms with Crippen molar-refractivity contribution in [1.82, 2.24) is 10.2 Å². The molecule has 0 atom stereocenters. The van der Waals surface area contributed by atoms with Crippen LogP contribution in [0.5, 0.6) is 0 Å². The molecule has 1 N–H and O–H groups in total. The maximum atomic E-state index is 4.16. The fraction of sp³-hybridized carbons (Fsp3) is 0.632. The van der Waals surface area contributed by atoms with Crippen molar-refractivity contribution in [3.8, 4) is 0 Å². The van der Waals surface area contributed by atoms with Crippen LogP contribution in [0.4, 0.5) is 0 Å². The molecule has 0 unspecified atom stereocenters. The maximum Gasteiger partial charge on any atom is 0.0609 e. The minimum atomic E-state index is 0.717. The number of aromatic amines is 1. The second kappa shape index (κ2) is 8.21. The lowest BCUT2D eigenvalue weighted by Gasteiger charge is -2.21. The fourth-order valence-corrected chi connectivity index (χ4v) is 3.12.